The summed E-state index contributed by atoms with van der Waals surface area (Å²) in [6.07, 6.45) is 4.67. The number of carbonyl (C=O) groups excluding carboxylic acids is 1. The summed E-state index contributed by atoms with van der Waals surface area (Å²) in [6, 6.07) is 5.13. The molecule has 0 atom stereocenters. The number of halogens is 2. The average molecular weight is 355 g/mol. The van der Waals surface area contributed by atoms with Crippen LogP contribution in [0.5, 0.6) is 0 Å². The number of benzene rings is 1. The van der Waals surface area contributed by atoms with E-state index in [1.807, 2.05) is 4.90 Å². The molecule has 0 radical (unpaired) electrons. The van der Waals surface area contributed by atoms with Crippen molar-refractivity contribution in [2.75, 3.05) is 19.6 Å². The second-order valence-corrected chi connectivity index (χ2v) is 6.81. The molecule has 21 heavy (non-hydrogen) atoms. The van der Waals surface area contributed by atoms with Crippen LogP contribution < -0.4 is 5.32 Å². The minimum atomic E-state index is -0.387. The predicted octanol–water partition coefficient (Wildman–Crippen LogP) is 3.19. The number of likely N-dealkylation sites (tertiary alicyclic amines) is 1. The van der Waals surface area contributed by atoms with Crippen LogP contribution in [0, 0.1) is 11.7 Å². The highest BCUT2D eigenvalue weighted by molar-refractivity contribution is 9.10. The Balaban J connectivity index is 1.55. The van der Waals surface area contributed by atoms with Gasteiger partial charge in [-0.2, -0.15) is 0 Å². The summed E-state index contributed by atoms with van der Waals surface area (Å²) in [5, 5.41) is 3.60. The predicted molar refractivity (Wildman–Crippen MR) is 83.8 cm³/mol. The minimum Gasteiger partial charge on any atom is -0.338 e. The van der Waals surface area contributed by atoms with E-state index in [-0.39, 0.29) is 16.2 Å². The van der Waals surface area contributed by atoms with Crippen LogP contribution in [-0.4, -0.2) is 36.5 Å². The monoisotopic (exact) mass is 354 g/mol. The van der Waals surface area contributed by atoms with E-state index in [1.165, 1.54) is 18.9 Å². The van der Waals surface area contributed by atoms with Gasteiger partial charge in [0.15, 0.2) is 0 Å². The third kappa shape index (κ3) is 3.64. The average Bonchev–Trinajstić information content (AvgIpc) is 3.32. The van der Waals surface area contributed by atoms with Crippen molar-refractivity contribution in [2.45, 2.75) is 31.7 Å². The van der Waals surface area contributed by atoms with Crippen molar-refractivity contribution in [3.8, 4) is 0 Å². The third-order valence-corrected chi connectivity index (χ3v) is 5.16. The summed E-state index contributed by atoms with van der Waals surface area (Å²) < 4.78 is 13.8. The maximum Gasteiger partial charge on any atom is 0.255 e. The minimum absolute atomic E-state index is 0.0815. The first-order valence-electron chi connectivity index (χ1n) is 7.62. The van der Waals surface area contributed by atoms with Crippen molar-refractivity contribution >= 4 is 21.8 Å². The molecular formula is C16H20BrFN2O. The molecule has 3 rings (SSSR count). The molecule has 0 aromatic heterocycles. The highest BCUT2D eigenvalue weighted by atomic mass is 79.9. The first kappa shape index (κ1) is 15.0. The van der Waals surface area contributed by atoms with Gasteiger partial charge in [0.2, 0.25) is 0 Å². The molecule has 0 spiro atoms. The van der Waals surface area contributed by atoms with E-state index in [1.54, 1.807) is 12.1 Å². The zero-order valence-electron chi connectivity index (χ0n) is 11.9. The number of nitrogens with one attached hydrogen (secondary N) is 1. The SMILES string of the molecule is O=C(c1cccc(F)c1Br)N1CCC(NCC2CC2)CC1. The number of hydrogen-bond donors (Lipinski definition) is 1. The summed E-state index contributed by atoms with van der Waals surface area (Å²) in [6.45, 7) is 2.60. The molecule has 1 amide bonds. The topological polar surface area (TPSA) is 32.3 Å². The Labute approximate surface area is 133 Å². The molecule has 1 saturated heterocycles. The molecule has 1 heterocycles. The van der Waals surface area contributed by atoms with Gasteiger partial charge in [-0.3, -0.25) is 4.79 Å². The normalized spacial score (nSPS) is 19.8. The van der Waals surface area contributed by atoms with E-state index >= 15 is 0 Å². The van der Waals surface area contributed by atoms with E-state index in [2.05, 4.69) is 21.2 Å². The summed E-state index contributed by atoms with van der Waals surface area (Å²) in [5.74, 6) is 0.414. The quantitative estimate of drug-likeness (QED) is 0.900. The van der Waals surface area contributed by atoms with Gasteiger partial charge in [0.05, 0.1) is 10.0 Å². The fourth-order valence-corrected chi connectivity index (χ4v) is 3.22. The zero-order valence-corrected chi connectivity index (χ0v) is 13.5. The third-order valence-electron chi connectivity index (χ3n) is 4.36. The van der Waals surface area contributed by atoms with Gasteiger partial charge in [-0.1, -0.05) is 6.07 Å². The lowest BCUT2D eigenvalue weighted by Gasteiger charge is -2.32. The van der Waals surface area contributed by atoms with Crippen LogP contribution >= 0.6 is 15.9 Å². The van der Waals surface area contributed by atoms with Crippen molar-refractivity contribution in [2.24, 2.45) is 5.92 Å². The molecule has 2 aliphatic rings. The van der Waals surface area contributed by atoms with Gasteiger partial charge in [0, 0.05) is 19.1 Å². The Morgan fingerprint density at radius 3 is 2.67 bits per heavy atom. The van der Waals surface area contributed by atoms with Gasteiger partial charge >= 0.3 is 0 Å². The first-order valence-corrected chi connectivity index (χ1v) is 8.41. The fraction of sp³-hybridized carbons (Fsp3) is 0.562. The van der Waals surface area contributed by atoms with E-state index < -0.39 is 0 Å². The molecule has 1 aromatic carbocycles. The maximum absolute atomic E-state index is 13.5. The highest BCUT2D eigenvalue weighted by Crippen LogP contribution is 2.28. The zero-order chi connectivity index (χ0) is 14.8. The Morgan fingerprint density at radius 2 is 2.00 bits per heavy atom. The van der Waals surface area contributed by atoms with Crippen molar-refractivity contribution in [3.63, 3.8) is 0 Å². The van der Waals surface area contributed by atoms with Gasteiger partial charge in [-0.05, 0) is 66.2 Å². The second kappa shape index (κ2) is 6.44. The largest absolute Gasteiger partial charge is 0.338 e. The number of rotatable bonds is 4. The molecular weight excluding hydrogens is 335 g/mol. The summed E-state index contributed by atoms with van der Waals surface area (Å²) in [4.78, 5) is 14.3. The number of nitrogens with zero attached hydrogens (tertiary/aromatic N) is 1. The Morgan fingerprint density at radius 1 is 1.29 bits per heavy atom. The Kier molecular flexibility index (Phi) is 4.60. The summed E-state index contributed by atoms with van der Waals surface area (Å²) >= 11 is 3.17. The Bertz CT molecular complexity index is 525. The molecule has 5 heteroatoms. The van der Waals surface area contributed by atoms with Gasteiger partial charge in [-0.15, -0.1) is 0 Å². The van der Waals surface area contributed by atoms with Crippen LogP contribution in [0.25, 0.3) is 0 Å². The molecule has 1 aliphatic carbocycles. The molecule has 0 bridgehead atoms. The van der Waals surface area contributed by atoms with Gasteiger partial charge in [0.1, 0.15) is 5.82 Å². The molecule has 3 nitrogen and oxygen atoms in total. The van der Waals surface area contributed by atoms with Crippen molar-refractivity contribution < 1.29 is 9.18 Å². The molecule has 1 aliphatic heterocycles. The van der Waals surface area contributed by atoms with Crippen LogP contribution in [0.2, 0.25) is 0 Å². The molecule has 2 fully saturated rings. The van der Waals surface area contributed by atoms with E-state index in [4.69, 9.17) is 0 Å². The lowest BCUT2D eigenvalue weighted by atomic mass is 10.0. The Hall–Kier alpha value is -0.940. The molecule has 1 N–H and O–H groups in total. The standard InChI is InChI=1S/C16H20BrFN2O/c17-15-13(2-1-3-14(15)18)16(21)20-8-6-12(7-9-20)19-10-11-4-5-11/h1-3,11-12,19H,4-10H2. The van der Waals surface area contributed by atoms with Crippen molar-refractivity contribution in [3.05, 3.63) is 34.1 Å². The van der Waals surface area contributed by atoms with E-state index in [0.29, 0.717) is 11.6 Å². The smallest absolute Gasteiger partial charge is 0.255 e. The van der Waals surface area contributed by atoms with E-state index in [0.717, 1.165) is 38.4 Å². The second-order valence-electron chi connectivity index (χ2n) is 6.02. The number of piperidine rings is 1. The van der Waals surface area contributed by atoms with Crippen LogP contribution in [0.4, 0.5) is 4.39 Å². The highest BCUT2D eigenvalue weighted by Gasteiger charge is 2.27. The molecule has 114 valence electrons. The summed E-state index contributed by atoms with van der Waals surface area (Å²) in [5.41, 5.74) is 0.416. The maximum atomic E-state index is 13.5. The van der Waals surface area contributed by atoms with E-state index in [9.17, 15) is 9.18 Å². The molecule has 0 unspecified atom stereocenters. The lowest BCUT2D eigenvalue weighted by molar-refractivity contribution is 0.0703. The van der Waals surface area contributed by atoms with Crippen molar-refractivity contribution in [1.82, 2.24) is 10.2 Å². The fourth-order valence-electron chi connectivity index (χ4n) is 2.78. The number of carbonyl (C=O) groups is 1. The van der Waals surface area contributed by atoms with Crippen LogP contribution in [-0.2, 0) is 0 Å². The van der Waals surface area contributed by atoms with Crippen LogP contribution in [0.1, 0.15) is 36.0 Å². The van der Waals surface area contributed by atoms with Gasteiger partial charge in [0.25, 0.3) is 5.91 Å². The summed E-state index contributed by atoms with van der Waals surface area (Å²) in [7, 11) is 0. The van der Waals surface area contributed by atoms with Crippen LogP contribution in [0.3, 0.4) is 0 Å². The first-order chi connectivity index (χ1) is 10.1. The van der Waals surface area contributed by atoms with Crippen LogP contribution in [0.15, 0.2) is 22.7 Å². The number of hydrogen-bond acceptors (Lipinski definition) is 2. The molecule has 1 saturated carbocycles. The van der Waals surface area contributed by atoms with Gasteiger partial charge < -0.3 is 10.2 Å². The number of amides is 1. The van der Waals surface area contributed by atoms with Crippen molar-refractivity contribution in [1.29, 1.82) is 0 Å². The molecule has 1 aromatic rings. The van der Waals surface area contributed by atoms with Gasteiger partial charge in [-0.25, -0.2) is 4.39 Å². The lowest BCUT2D eigenvalue weighted by Crippen LogP contribution is -2.45.